The van der Waals surface area contributed by atoms with Crippen molar-refractivity contribution in [3.63, 3.8) is 0 Å². The highest BCUT2D eigenvalue weighted by atomic mass is 16.5. The van der Waals surface area contributed by atoms with Crippen molar-refractivity contribution in [1.29, 1.82) is 0 Å². The van der Waals surface area contributed by atoms with Crippen molar-refractivity contribution >= 4 is 29.5 Å². The number of nitrogens with one attached hydrogen (secondary N) is 3. The molecule has 5 aromatic rings. The van der Waals surface area contributed by atoms with Gasteiger partial charge < -0.3 is 40.0 Å². The molecule has 4 heterocycles. The van der Waals surface area contributed by atoms with E-state index < -0.39 is 53.1 Å². The SMILES string of the molecule is COC(=O)N[C@H](C(=O)N[C@@H](Cc1ccc(-c2ccccn2)cc1)C[C@H](O)[C@H](Cc1ccccc1)NC(=O)[C@@H](N1CCN(Cc2ncc3ccccn23)C1=O)C(C)(C)C)C(C)(C)C. The molecule has 3 aromatic heterocycles. The minimum absolute atomic E-state index is 0.0511. The summed E-state index contributed by atoms with van der Waals surface area (Å²) in [5.41, 5.74) is 3.10. The molecule has 1 aliphatic heterocycles. The number of carbonyl (C=O) groups excluding carboxylic acids is 4. The molecule has 4 N–H and O–H groups in total. The number of urea groups is 1. The topological polar surface area (TPSA) is 171 Å². The number of aliphatic hydroxyl groups excluding tert-OH is 1. The van der Waals surface area contributed by atoms with Gasteiger partial charge in [0.2, 0.25) is 11.8 Å². The fourth-order valence-corrected chi connectivity index (χ4v) is 8.11. The van der Waals surface area contributed by atoms with Gasteiger partial charge >= 0.3 is 12.1 Å². The van der Waals surface area contributed by atoms with Crippen LogP contribution in [0, 0.1) is 10.8 Å². The second-order valence-electron chi connectivity index (χ2n) is 18.2. The van der Waals surface area contributed by atoms with E-state index in [4.69, 9.17) is 4.74 Å². The van der Waals surface area contributed by atoms with Crippen LogP contribution in [0.2, 0.25) is 0 Å². The van der Waals surface area contributed by atoms with Crippen molar-refractivity contribution in [2.45, 2.75) is 97.6 Å². The average Bonchev–Trinajstić information content (AvgIpc) is 3.81. The number of hydrogen-bond acceptors (Lipinski definition) is 8. The van der Waals surface area contributed by atoms with E-state index in [-0.39, 0.29) is 31.3 Å². The summed E-state index contributed by atoms with van der Waals surface area (Å²) in [7, 11) is 1.24. The molecule has 14 nitrogen and oxygen atoms in total. The Balaban J connectivity index is 1.25. The summed E-state index contributed by atoms with van der Waals surface area (Å²) in [4.78, 5) is 67.6. The average molecular weight is 845 g/mol. The third-order valence-corrected chi connectivity index (χ3v) is 11.3. The van der Waals surface area contributed by atoms with Gasteiger partial charge in [0.25, 0.3) is 0 Å². The van der Waals surface area contributed by atoms with Crippen molar-refractivity contribution in [2.75, 3.05) is 20.2 Å². The summed E-state index contributed by atoms with van der Waals surface area (Å²) in [6.45, 7) is 12.3. The lowest BCUT2D eigenvalue weighted by Crippen LogP contribution is -2.59. The highest BCUT2D eigenvalue weighted by Crippen LogP contribution is 2.30. The number of nitrogens with zero attached hydrogens (tertiary/aromatic N) is 5. The first-order chi connectivity index (χ1) is 29.5. The van der Waals surface area contributed by atoms with Gasteiger partial charge in [0.15, 0.2) is 0 Å². The molecule has 0 saturated carbocycles. The standard InChI is InChI=1S/C48H60N8O6/c1-47(2,3)41(53-45(60)62-7)43(58)51-35(27-33-19-21-34(22-20-33)37-18-11-13-23-49-37)29-39(57)38(28-32-15-9-8-10-16-32)52-44(59)42(48(4,5)6)56-26-25-54(46(56)61)31-40-50-30-36-17-12-14-24-55(36)40/h8-24,30,35,38-39,41-42,57H,25-29,31H2,1-7H3,(H,51,58)(H,52,59)(H,53,60)/t35-,38-,39-,41+,42+/m0/s1. The van der Waals surface area contributed by atoms with Crippen LogP contribution in [0.4, 0.5) is 9.59 Å². The Morgan fingerprint density at radius 3 is 2.13 bits per heavy atom. The molecule has 5 atom stereocenters. The molecule has 328 valence electrons. The number of pyridine rings is 2. The lowest BCUT2D eigenvalue weighted by Gasteiger charge is -2.38. The first-order valence-corrected chi connectivity index (χ1v) is 21.2. The molecule has 5 amide bonds. The zero-order valence-electron chi connectivity index (χ0n) is 36.7. The zero-order valence-corrected chi connectivity index (χ0v) is 36.7. The molecule has 1 saturated heterocycles. The second kappa shape index (κ2) is 19.6. The summed E-state index contributed by atoms with van der Waals surface area (Å²) in [5.74, 6) is -0.110. The summed E-state index contributed by atoms with van der Waals surface area (Å²) in [6.07, 6.45) is 4.20. The molecule has 62 heavy (non-hydrogen) atoms. The van der Waals surface area contributed by atoms with E-state index in [1.165, 1.54) is 7.11 Å². The van der Waals surface area contributed by atoms with Crippen LogP contribution in [0.25, 0.3) is 16.8 Å². The van der Waals surface area contributed by atoms with Crippen molar-refractivity contribution in [3.05, 3.63) is 127 Å². The van der Waals surface area contributed by atoms with Crippen LogP contribution in [-0.2, 0) is 33.7 Å². The fourth-order valence-electron chi connectivity index (χ4n) is 8.11. The second-order valence-corrected chi connectivity index (χ2v) is 18.2. The maximum atomic E-state index is 14.7. The summed E-state index contributed by atoms with van der Waals surface area (Å²) in [6, 6.07) is 25.4. The summed E-state index contributed by atoms with van der Waals surface area (Å²) >= 11 is 0. The highest BCUT2D eigenvalue weighted by molar-refractivity contribution is 5.89. The van der Waals surface area contributed by atoms with Crippen molar-refractivity contribution in [3.8, 4) is 11.3 Å². The first-order valence-electron chi connectivity index (χ1n) is 21.2. The highest BCUT2D eigenvalue weighted by Gasteiger charge is 2.45. The molecule has 1 aliphatic rings. The van der Waals surface area contributed by atoms with Gasteiger partial charge in [-0.15, -0.1) is 0 Å². The summed E-state index contributed by atoms with van der Waals surface area (Å²) < 4.78 is 6.80. The Hall–Kier alpha value is -6.28. The minimum atomic E-state index is -1.15. The Labute approximate surface area is 364 Å². The number of amides is 5. The Bertz CT molecular complexity index is 2290. The smallest absolute Gasteiger partial charge is 0.407 e. The third kappa shape index (κ3) is 11.3. The first kappa shape index (κ1) is 45.3. The molecule has 14 heteroatoms. The van der Waals surface area contributed by atoms with E-state index in [1.807, 2.05) is 143 Å². The quantitative estimate of drug-likeness (QED) is 0.0934. The van der Waals surface area contributed by atoms with Gasteiger partial charge in [0.1, 0.15) is 17.9 Å². The van der Waals surface area contributed by atoms with Crippen molar-refractivity contribution in [2.24, 2.45) is 10.8 Å². The number of ether oxygens (including phenoxy) is 1. The van der Waals surface area contributed by atoms with E-state index in [2.05, 4.69) is 25.9 Å². The number of aromatic nitrogens is 3. The van der Waals surface area contributed by atoms with Gasteiger partial charge in [-0.25, -0.2) is 14.6 Å². The fraction of sp³-hybridized carbons (Fsp3) is 0.417. The molecule has 0 unspecified atom stereocenters. The largest absolute Gasteiger partial charge is 0.453 e. The maximum Gasteiger partial charge on any atom is 0.407 e. The number of alkyl carbamates (subject to hydrolysis) is 1. The maximum absolute atomic E-state index is 14.7. The van der Waals surface area contributed by atoms with Gasteiger partial charge in [-0.05, 0) is 65.5 Å². The molecule has 0 spiro atoms. The molecule has 1 fully saturated rings. The van der Waals surface area contributed by atoms with Crippen LogP contribution in [-0.4, -0.2) is 104 Å². The van der Waals surface area contributed by atoms with Crippen LogP contribution in [0.15, 0.2) is 110 Å². The third-order valence-electron chi connectivity index (χ3n) is 11.3. The van der Waals surface area contributed by atoms with E-state index in [0.717, 1.165) is 33.7 Å². The monoisotopic (exact) mass is 844 g/mol. The van der Waals surface area contributed by atoms with Crippen LogP contribution in [0.5, 0.6) is 0 Å². The predicted octanol–water partition coefficient (Wildman–Crippen LogP) is 6.03. The number of carbonyl (C=O) groups is 4. The number of fused-ring (bicyclic) bond motifs is 1. The van der Waals surface area contributed by atoms with Gasteiger partial charge in [-0.2, -0.15) is 0 Å². The Morgan fingerprint density at radius 1 is 0.774 bits per heavy atom. The van der Waals surface area contributed by atoms with Gasteiger partial charge in [-0.1, -0.05) is 108 Å². The molecule has 0 radical (unpaired) electrons. The van der Waals surface area contributed by atoms with Gasteiger partial charge in [0, 0.05) is 37.1 Å². The van der Waals surface area contributed by atoms with Crippen LogP contribution >= 0.6 is 0 Å². The number of methoxy groups -OCH3 is 1. The number of hydrogen-bond donors (Lipinski definition) is 4. The molecule has 0 bridgehead atoms. The number of benzene rings is 2. The van der Waals surface area contributed by atoms with Gasteiger partial charge in [-0.3, -0.25) is 14.6 Å². The lowest BCUT2D eigenvalue weighted by atomic mass is 9.84. The van der Waals surface area contributed by atoms with Crippen molar-refractivity contribution < 1.29 is 29.0 Å². The molecule has 0 aliphatic carbocycles. The number of imidazole rings is 1. The van der Waals surface area contributed by atoms with E-state index in [0.29, 0.717) is 19.5 Å². The zero-order chi connectivity index (χ0) is 44.6. The Morgan fingerprint density at radius 2 is 1.47 bits per heavy atom. The van der Waals surface area contributed by atoms with Crippen LogP contribution in [0.1, 0.15) is 64.9 Å². The van der Waals surface area contributed by atoms with Crippen molar-refractivity contribution in [1.82, 2.24) is 40.1 Å². The number of rotatable bonds is 16. The molecule has 2 aromatic carbocycles. The Kier molecular flexibility index (Phi) is 14.3. The molecular weight excluding hydrogens is 785 g/mol. The summed E-state index contributed by atoms with van der Waals surface area (Å²) in [5, 5.41) is 21.2. The van der Waals surface area contributed by atoms with E-state index in [9.17, 15) is 24.3 Å². The number of aliphatic hydroxyl groups is 1. The van der Waals surface area contributed by atoms with Gasteiger partial charge in [0.05, 0.1) is 43.2 Å². The van der Waals surface area contributed by atoms with Crippen LogP contribution < -0.4 is 16.0 Å². The minimum Gasteiger partial charge on any atom is -0.453 e. The predicted molar refractivity (Wildman–Crippen MR) is 238 cm³/mol. The van der Waals surface area contributed by atoms with E-state index in [1.54, 1.807) is 22.2 Å². The van der Waals surface area contributed by atoms with Crippen LogP contribution in [0.3, 0.4) is 0 Å². The normalized spacial score (nSPS) is 15.7. The molecule has 6 rings (SSSR count). The molecular formula is C48H60N8O6. The van der Waals surface area contributed by atoms with E-state index >= 15 is 0 Å². The lowest BCUT2D eigenvalue weighted by molar-refractivity contribution is -0.131.